The number of ketones is 1. The lowest BCUT2D eigenvalue weighted by Crippen LogP contribution is -2.75. The number of Topliss-reactive ketones (excluding diaryl/α,β-unsaturated/α-hetero) is 1. The van der Waals surface area contributed by atoms with Crippen molar-refractivity contribution < 1.29 is 91.5 Å². The zero-order valence-corrected chi connectivity index (χ0v) is 24.9. The molecule has 2 rings (SSSR count). The second-order valence-electron chi connectivity index (χ2n) is 11.3. The number of halogens is 17. The molecule has 0 spiro atoms. The summed E-state index contributed by atoms with van der Waals surface area (Å²) in [6.45, 7) is 0. The number of hydrogen-bond acceptors (Lipinski definition) is 4. The molecule has 1 atom stereocenters. The van der Waals surface area contributed by atoms with Crippen molar-refractivity contribution in [1.82, 2.24) is 0 Å². The van der Waals surface area contributed by atoms with Crippen LogP contribution in [0.15, 0.2) is 0 Å². The summed E-state index contributed by atoms with van der Waals surface area (Å²) in [7, 11) is -11.7. The van der Waals surface area contributed by atoms with Gasteiger partial charge in [-0.15, -0.1) is 10.3 Å². The van der Waals surface area contributed by atoms with Crippen LogP contribution in [0.3, 0.4) is 0 Å². The molecule has 0 aliphatic heterocycles. The molecular weight excluding hydrogens is 727 g/mol. The van der Waals surface area contributed by atoms with Gasteiger partial charge in [0.1, 0.15) is 5.78 Å². The first-order chi connectivity index (χ1) is 20.3. The molecule has 0 aromatic rings. The van der Waals surface area contributed by atoms with Gasteiger partial charge in [-0.05, 0) is 31.9 Å². The minimum absolute atomic E-state index is 0.0930. The Labute approximate surface area is 252 Å². The highest BCUT2D eigenvalue weighted by Crippen LogP contribution is 2.66. The summed E-state index contributed by atoms with van der Waals surface area (Å²) in [6.07, 6.45) is -4.32. The molecule has 274 valence electrons. The van der Waals surface area contributed by atoms with E-state index < -0.39 is 90.1 Å². The quantitative estimate of drug-likeness (QED) is 0.176. The lowest BCUT2D eigenvalue weighted by molar-refractivity contribution is -0.458. The number of hydrogen-bond donors (Lipinski definition) is 0. The van der Waals surface area contributed by atoms with Gasteiger partial charge >= 0.3 is 57.1 Å². The molecule has 0 N–H and O–H groups in total. The van der Waals surface area contributed by atoms with Crippen LogP contribution in [0, 0.1) is 5.92 Å². The summed E-state index contributed by atoms with van der Waals surface area (Å²) >= 11 is 0. The predicted molar refractivity (Wildman–Crippen MR) is 128 cm³/mol. The Kier molecular flexibility index (Phi) is 11.2. The number of carbonyl (C=O) groups is 1. The van der Waals surface area contributed by atoms with Gasteiger partial charge in [-0.1, -0.05) is 38.5 Å². The second-order valence-corrected chi connectivity index (χ2v) is 16.3. The molecule has 0 amide bonds. The maximum atomic E-state index is 14.8. The fourth-order valence-corrected chi connectivity index (χ4v) is 10.6. The Balaban J connectivity index is 2.60. The van der Waals surface area contributed by atoms with Crippen molar-refractivity contribution in [3.63, 3.8) is 0 Å². The van der Waals surface area contributed by atoms with Crippen LogP contribution in [-0.2, 0) is 18.5 Å². The average molecular weight is 755 g/mol. The molecule has 4 nitrogen and oxygen atoms in total. The lowest BCUT2D eigenvalue weighted by Gasteiger charge is -2.45. The smallest absolute Gasteiger partial charge is 0.298 e. The first kappa shape index (κ1) is 40.9. The number of rotatable bonds is 13. The number of alkyl halides is 17. The van der Waals surface area contributed by atoms with Crippen LogP contribution in [0.5, 0.6) is 0 Å². The van der Waals surface area contributed by atoms with Crippen molar-refractivity contribution in [1.29, 1.82) is 0 Å². The third-order valence-electron chi connectivity index (χ3n) is 8.00. The standard InChI is InChI=1S/C23H27F17O4S2/c1-45(14-10-6-3-7-11-14,12-15(41)13-8-4-2-5-9-13)44-46(42,43)23(39,40)21(34,35)19(30,31)17(26,27)16(24,25)18(28,29)20(32,33)22(36,37)38/h13-14H,2-12H2,1H3. The van der Waals surface area contributed by atoms with E-state index in [2.05, 4.69) is 3.63 Å². The molecule has 0 aromatic heterocycles. The van der Waals surface area contributed by atoms with E-state index in [0.29, 0.717) is 31.9 Å². The summed E-state index contributed by atoms with van der Waals surface area (Å²) in [5, 5.41) is -8.94. The van der Waals surface area contributed by atoms with Crippen LogP contribution in [-0.4, -0.2) is 78.4 Å². The van der Waals surface area contributed by atoms with Crippen LogP contribution in [0.2, 0.25) is 0 Å². The summed E-state index contributed by atoms with van der Waals surface area (Å²) in [6, 6.07) is 0. The van der Waals surface area contributed by atoms with Crippen LogP contribution < -0.4 is 0 Å². The zero-order chi connectivity index (χ0) is 36.2. The van der Waals surface area contributed by atoms with Gasteiger partial charge in [-0.3, -0.25) is 4.79 Å². The van der Waals surface area contributed by atoms with Gasteiger partial charge < -0.3 is 0 Å². The molecule has 46 heavy (non-hydrogen) atoms. The molecular formula is C23H27F17O4S2. The van der Waals surface area contributed by atoms with E-state index in [0.717, 1.165) is 0 Å². The van der Waals surface area contributed by atoms with Gasteiger partial charge in [0.05, 0.1) is 5.75 Å². The van der Waals surface area contributed by atoms with Gasteiger partial charge in [0, 0.05) is 11.2 Å². The molecule has 2 aliphatic carbocycles. The van der Waals surface area contributed by atoms with Crippen molar-refractivity contribution in [2.45, 2.75) is 116 Å². The Hall–Kier alpha value is -1.26. The molecule has 0 heterocycles. The second kappa shape index (κ2) is 12.6. The fraction of sp³-hybridized carbons (Fsp3) is 0.957. The zero-order valence-electron chi connectivity index (χ0n) is 23.3. The molecule has 0 saturated heterocycles. The minimum Gasteiger partial charge on any atom is -0.298 e. The van der Waals surface area contributed by atoms with Gasteiger partial charge in [0.25, 0.3) is 0 Å². The van der Waals surface area contributed by atoms with Crippen molar-refractivity contribution in [2.24, 2.45) is 5.92 Å². The Morgan fingerprint density at radius 2 is 0.913 bits per heavy atom. The molecule has 1 unspecified atom stereocenters. The van der Waals surface area contributed by atoms with E-state index in [-0.39, 0.29) is 38.5 Å². The molecule has 0 radical (unpaired) electrons. The largest absolute Gasteiger partial charge is 0.460 e. The SMILES string of the molecule is CS(CC(=O)C1CCCCC1)(OS(=O)(=O)C(F)(F)C(F)(F)C(F)(F)C(F)(F)C(F)(F)C(F)(F)C(F)(F)C(F)(F)F)C1CCCCC1. The highest BCUT2D eigenvalue weighted by atomic mass is 32.3. The van der Waals surface area contributed by atoms with Crippen LogP contribution in [0.25, 0.3) is 0 Å². The van der Waals surface area contributed by atoms with Gasteiger partial charge in [-0.2, -0.15) is 83.1 Å². The Morgan fingerprint density at radius 1 is 0.565 bits per heavy atom. The van der Waals surface area contributed by atoms with Gasteiger partial charge in [0.2, 0.25) is 0 Å². The van der Waals surface area contributed by atoms with E-state index in [9.17, 15) is 87.8 Å². The molecule has 2 saturated carbocycles. The Morgan fingerprint density at radius 3 is 1.30 bits per heavy atom. The maximum Gasteiger partial charge on any atom is 0.460 e. The topological polar surface area (TPSA) is 60.4 Å². The summed E-state index contributed by atoms with van der Waals surface area (Å²) in [5.74, 6) is -54.7. The van der Waals surface area contributed by atoms with Crippen LogP contribution >= 0.6 is 10.3 Å². The molecule has 2 fully saturated rings. The summed E-state index contributed by atoms with van der Waals surface area (Å²) in [5.41, 5.74) is 0. The minimum atomic E-state index is -8.92. The monoisotopic (exact) mass is 754 g/mol. The molecule has 23 heteroatoms. The lowest BCUT2D eigenvalue weighted by atomic mass is 9.87. The third-order valence-corrected chi connectivity index (χ3v) is 13.6. The fourth-order valence-electron chi connectivity index (χ4n) is 5.14. The van der Waals surface area contributed by atoms with E-state index in [4.69, 9.17) is 0 Å². The maximum absolute atomic E-state index is 14.8. The molecule has 0 bridgehead atoms. The van der Waals surface area contributed by atoms with Crippen LogP contribution in [0.1, 0.15) is 64.2 Å². The van der Waals surface area contributed by atoms with Crippen molar-refractivity contribution in [3.05, 3.63) is 0 Å². The van der Waals surface area contributed by atoms with E-state index >= 15 is 0 Å². The highest BCUT2D eigenvalue weighted by Gasteiger charge is 2.96. The van der Waals surface area contributed by atoms with Crippen LogP contribution in [0.4, 0.5) is 74.6 Å². The summed E-state index contributed by atoms with van der Waals surface area (Å²) in [4.78, 5) is 12.9. The first-order valence-electron chi connectivity index (χ1n) is 13.2. The normalized spacial score (nSPS) is 22.0. The first-order valence-corrected chi connectivity index (χ1v) is 16.9. The summed E-state index contributed by atoms with van der Waals surface area (Å²) < 4.78 is 262. The molecule has 2 aliphatic rings. The van der Waals surface area contributed by atoms with Crippen molar-refractivity contribution in [3.8, 4) is 0 Å². The van der Waals surface area contributed by atoms with E-state index in [1.807, 2.05) is 0 Å². The van der Waals surface area contributed by atoms with E-state index in [1.54, 1.807) is 0 Å². The third kappa shape index (κ3) is 6.41. The van der Waals surface area contributed by atoms with Crippen molar-refractivity contribution >= 4 is 26.2 Å². The van der Waals surface area contributed by atoms with Gasteiger partial charge in [-0.25, -0.2) is 3.63 Å². The predicted octanol–water partition coefficient (Wildman–Crippen LogP) is 9.13. The number of carbonyl (C=O) groups excluding carboxylic acids is 1. The van der Waals surface area contributed by atoms with Crippen molar-refractivity contribution in [2.75, 3.05) is 12.0 Å². The van der Waals surface area contributed by atoms with E-state index in [1.165, 1.54) is 0 Å². The molecule has 0 aromatic carbocycles. The Bertz CT molecular complexity index is 1210. The van der Waals surface area contributed by atoms with Gasteiger partial charge in [0.15, 0.2) is 0 Å². The average Bonchev–Trinajstić information content (AvgIpc) is 2.92. The highest BCUT2D eigenvalue weighted by molar-refractivity contribution is 8.33.